The molecule has 1 aliphatic carbocycles. The van der Waals surface area contributed by atoms with E-state index < -0.39 is 54.1 Å². The van der Waals surface area contributed by atoms with Crippen LogP contribution in [0.15, 0.2) is 0 Å². The number of hydrogen-bond acceptors (Lipinski definition) is 5. The summed E-state index contributed by atoms with van der Waals surface area (Å²) in [5.41, 5.74) is -2.84. The molecule has 0 aromatic carbocycles. The Morgan fingerprint density at radius 1 is 1.48 bits per heavy atom. The van der Waals surface area contributed by atoms with Crippen LogP contribution in [0.5, 0.6) is 0 Å². The number of carbonyl (C=O) groups excluding carboxylic acids is 1. The Hall–Kier alpha value is 0.600. The van der Waals surface area contributed by atoms with Crippen LogP contribution in [0.1, 0.15) is 32.6 Å². The summed E-state index contributed by atoms with van der Waals surface area (Å²) < 4.78 is 51.6. The van der Waals surface area contributed by atoms with Crippen LogP contribution in [0.2, 0.25) is 0 Å². The van der Waals surface area contributed by atoms with Crippen LogP contribution in [0.4, 0.5) is 13.2 Å². The monoisotopic (exact) mass is 564 g/mol. The molecule has 2 fully saturated rings. The molecule has 4 atom stereocenters. The van der Waals surface area contributed by atoms with Crippen molar-refractivity contribution in [1.82, 2.24) is 7.06 Å². The van der Waals surface area contributed by atoms with Crippen molar-refractivity contribution < 1.29 is 27.8 Å². The Bertz CT molecular complexity index is 433. The maximum atomic E-state index is 13.1. The van der Waals surface area contributed by atoms with Gasteiger partial charge in [0, 0.05) is 0 Å². The first kappa shape index (κ1) is 19.9. The molecule has 3 N–H and O–H groups in total. The van der Waals surface area contributed by atoms with E-state index in [0.717, 1.165) is 11.5 Å². The van der Waals surface area contributed by atoms with E-state index in [2.05, 4.69) is 7.06 Å². The number of nitrogens with one attached hydrogen (secondary N) is 2. The van der Waals surface area contributed by atoms with Crippen molar-refractivity contribution in [3.8, 4) is 0 Å². The van der Waals surface area contributed by atoms with Crippen molar-refractivity contribution in [3.63, 3.8) is 0 Å². The third kappa shape index (κ3) is 5.28. The van der Waals surface area contributed by atoms with Crippen LogP contribution in [0.3, 0.4) is 0 Å². The van der Waals surface area contributed by atoms with Crippen LogP contribution < -0.4 is 7.06 Å². The van der Waals surface area contributed by atoms with Gasteiger partial charge in [-0.3, -0.25) is 0 Å². The summed E-state index contributed by atoms with van der Waals surface area (Å²) in [6.07, 6.45) is -3.77. The summed E-state index contributed by atoms with van der Waals surface area (Å²) in [6.45, 7) is 1.24. The second-order valence-corrected chi connectivity index (χ2v) is 11.8. The molecule has 1 saturated heterocycles. The summed E-state index contributed by atoms with van der Waals surface area (Å²) in [6, 6.07) is 0. The van der Waals surface area contributed by atoms with Gasteiger partial charge in [-0.05, 0) is 0 Å². The van der Waals surface area contributed by atoms with Crippen molar-refractivity contribution >= 4 is 48.9 Å². The molecule has 4 unspecified atom stereocenters. The van der Waals surface area contributed by atoms with E-state index >= 15 is 0 Å². The van der Waals surface area contributed by atoms with Gasteiger partial charge < -0.3 is 0 Å². The zero-order chi connectivity index (χ0) is 17.3. The molecule has 5 nitrogen and oxygen atoms in total. The van der Waals surface area contributed by atoms with Gasteiger partial charge in [-0.15, -0.1) is 0 Å². The average molecular weight is 564 g/mol. The van der Waals surface area contributed by atoms with Crippen molar-refractivity contribution in [3.05, 3.63) is 0 Å². The van der Waals surface area contributed by atoms with Gasteiger partial charge in [-0.25, -0.2) is 0 Å². The van der Waals surface area contributed by atoms with E-state index in [0.29, 0.717) is 25.8 Å². The normalized spacial score (nSPS) is 30.4. The Morgan fingerprint density at radius 2 is 2.09 bits per heavy atom. The van der Waals surface area contributed by atoms with E-state index in [1.807, 2.05) is 22.6 Å². The minimum absolute atomic E-state index is 0.203. The van der Waals surface area contributed by atoms with Crippen LogP contribution >= 0.6 is 43.0 Å². The molecule has 0 aromatic heterocycles. The number of carbonyl (C=O) groups is 1. The van der Waals surface area contributed by atoms with Crippen molar-refractivity contribution in [2.24, 2.45) is 5.92 Å². The van der Waals surface area contributed by atoms with Crippen molar-refractivity contribution in [1.29, 1.82) is 0 Å². The van der Waals surface area contributed by atoms with Gasteiger partial charge in [0.15, 0.2) is 0 Å². The van der Waals surface area contributed by atoms with Crippen LogP contribution in [-0.4, -0.2) is 44.0 Å². The number of halogens is 5. The van der Waals surface area contributed by atoms with Crippen LogP contribution in [-0.2, 0) is 9.53 Å². The SMILES string of the molecule is CC(O)(C1CCCCC1OC(=O)C(I)CNI1CN1)C(F)(F)F. The molecule has 1 saturated carbocycles. The first-order chi connectivity index (χ1) is 10.6. The van der Waals surface area contributed by atoms with Crippen LogP contribution in [0, 0.1) is 5.92 Å². The Balaban J connectivity index is 1.96. The Morgan fingerprint density at radius 3 is 2.65 bits per heavy atom. The fraction of sp³-hybridized carbons (Fsp3) is 0.923. The van der Waals surface area contributed by atoms with E-state index in [-0.39, 0.29) is 6.42 Å². The van der Waals surface area contributed by atoms with E-state index in [1.54, 1.807) is 0 Å². The molecule has 136 valence electrons. The van der Waals surface area contributed by atoms with E-state index in [1.165, 1.54) is 0 Å². The second kappa shape index (κ2) is 7.87. The number of esters is 1. The Labute approximate surface area is 154 Å². The van der Waals surface area contributed by atoms with Gasteiger partial charge in [0.2, 0.25) is 0 Å². The quantitative estimate of drug-likeness (QED) is 0.116. The molecular weight excluding hydrogens is 543 g/mol. The van der Waals surface area contributed by atoms with Crippen molar-refractivity contribution in [2.45, 2.75) is 54.4 Å². The van der Waals surface area contributed by atoms with Crippen LogP contribution in [0.25, 0.3) is 0 Å². The molecule has 0 aromatic rings. The fourth-order valence-corrected chi connectivity index (χ4v) is 6.51. The molecule has 2 aliphatic rings. The first-order valence-corrected chi connectivity index (χ1v) is 12.3. The molecule has 2 rings (SSSR count). The topological polar surface area (TPSA) is 80.5 Å². The molecule has 0 amide bonds. The standard InChI is InChI=1S/C13H21F3I2N2O3/c1-12(22,13(14,15)16)8-4-2-3-5-10(8)23-11(21)9(17)6-19-18-7-20-18/h8-10,19-20,22H,2-7H2,1H3. The fourth-order valence-electron chi connectivity index (χ4n) is 2.68. The Kier molecular flexibility index (Phi) is 6.82. The number of alkyl halides is 5. The molecule has 0 radical (unpaired) electrons. The molecule has 10 heteroatoms. The van der Waals surface area contributed by atoms with Gasteiger partial charge in [-0.1, -0.05) is 0 Å². The summed E-state index contributed by atoms with van der Waals surface area (Å²) in [7, 11) is 0. The van der Waals surface area contributed by atoms with Gasteiger partial charge in [0.25, 0.3) is 0 Å². The minimum atomic E-state index is -4.74. The molecule has 0 bridgehead atoms. The predicted octanol–water partition coefficient (Wildman–Crippen LogP) is 2.69. The third-order valence-electron chi connectivity index (χ3n) is 4.21. The molecule has 23 heavy (non-hydrogen) atoms. The average Bonchev–Trinajstić information content (AvgIpc) is 3.28. The van der Waals surface area contributed by atoms with Gasteiger partial charge in [0.1, 0.15) is 0 Å². The molecule has 0 spiro atoms. The molecular formula is C13H21F3I2N2O3. The zero-order valence-electron chi connectivity index (χ0n) is 12.6. The van der Waals surface area contributed by atoms with E-state index in [9.17, 15) is 23.1 Å². The number of aliphatic hydroxyl groups is 1. The number of hydrogen-bond donors (Lipinski definition) is 3. The van der Waals surface area contributed by atoms with Gasteiger partial charge in [0.05, 0.1) is 0 Å². The summed E-state index contributed by atoms with van der Waals surface area (Å²) in [4.78, 5) is 12.1. The summed E-state index contributed by atoms with van der Waals surface area (Å²) in [5.74, 6) is -1.62. The third-order valence-corrected chi connectivity index (χ3v) is 8.04. The van der Waals surface area contributed by atoms with Crippen molar-refractivity contribution in [2.75, 3.05) is 11.1 Å². The van der Waals surface area contributed by atoms with Gasteiger partial charge in [-0.2, -0.15) is 0 Å². The number of ether oxygens (including phenoxy) is 1. The molecule has 1 aliphatic heterocycles. The summed E-state index contributed by atoms with van der Waals surface area (Å²) in [5, 5.41) is 9.95. The van der Waals surface area contributed by atoms with E-state index in [4.69, 9.17) is 4.74 Å². The first-order valence-electron chi connectivity index (χ1n) is 7.39. The predicted molar refractivity (Wildman–Crippen MR) is 96.4 cm³/mol. The second-order valence-electron chi connectivity index (χ2n) is 5.95. The molecule has 1 heterocycles. The zero-order valence-corrected chi connectivity index (χ0v) is 16.9. The maximum absolute atomic E-state index is 13.1. The van der Waals surface area contributed by atoms with Gasteiger partial charge >= 0.3 is 155 Å². The summed E-state index contributed by atoms with van der Waals surface area (Å²) >= 11 is 0.760. The number of rotatable bonds is 6.